The number of hydrogen-bond acceptors (Lipinski definition) is 12. The van der Waals surface area contributed by atoms with E-state index in [1.165, 1.54) is 34.5 Å². The quantitative estimate of drug-likeness (QED) is 0.300. The third kappa shape index (κ3) is 4.71. The van der Waals surface area contributed by atoms with Gasteiger partial charge in [0.1, 0.15) is 35.2 Å². The number of rotatable bonds is 9. The first kappa shape index (κ1) is 31.1. The first-order valence-corrected chi connectivity index (χ1v) is 14.4. The van der Waals surface area contributed by atoms with E-state index in [-0.39, 0.29) is 36.0 Å². The van der Waals surface area contributed by atoms with Gasteiger partial charge in [0.2, 0.25) is 6.29 Å². The van der Waals surface area contributed by atoms with Gasteiger partial charge in [-0.25, -0.2) is 0 Å². The van der Waals surface area contributed by atoms with Crippen LogP contribution >= 0.6 is 0 Å². The van der Waals surface area contributed by atoms with Gasteiger partial charge in [0, 0.05) is 25.2 Å². The molecule has 3 aromatic rings. The molecule has 2 heterocycles. The van der Waals surface area contributed by atoms with Gasteiger partial charge in [0.05, 0.1) is 46.0 Å². The molecule has 8 atom stereocenters. The molecular weight excluding hydrogens is 588 g/mol. The molecule has 0 unspecified atom stereocenters. The van der Waals surface area contributed by atoms with E-state index in [4.69, 9.17) is 37.9 Å². The van der Waals surface area contributed by atoms with E-state index < -0.39 is 53.8 Å². The van der Waals surface area contributed by atoms with Crippen molar-refractivity contribution in [1.82, 2.24) is 0 Å². The Morgan fingerprint density at radius 3 is 2.31 bits per heavy atom. The van der Waals surface area contributed by atoms with Crippen LogP contribution in [0.5, 0.6) is 23.0 Å². The van der Waals surface area contributed by atoms with Crippen LogP contribution in [0.15, 0.2) is 66.7 Å². The van der Waals surface area contributed by atoms with Crippen molar-refractivity contribution in [3.8, 4) is 23.0 Å². The highest BCUT2D eigenvalue weighted by Gasteiger charge is 2.78. The maximum atomic E-state index is 13.4. The Labute approximate surface area is 259 Å². The molecule has 0 amide bonds. The molecule has 3 aromatic carbocycles. The fourth-order valence-corrected chi connectivity index (χ4v) is 6.92. The van der Waals surface area contributed by atoms with E-state index >= 15 is 0 Å². The lowest BCUT2D eigenvalue weighted by Crippen LogP contribution is -2.52. The fraction of sp³-hybridized carbons (Fsp3) is 0.424. The second-order valence-corrected chi connectivity index (χ2v) is 11.1. The maximum Gasteiger partial charge on any atom is 0.312 e. The molecule has 1 saturated heterocycles. The summed E-state index contributed by atoms with van der Waals surface area (Å²) >= 11 is 0. The number of ether oxygens (including phenoxy) is 8. The van der Waals surface area contributed by atoms with Crippen LogP contribution < -0.4 is 18.9 Å². The summed E-state index contributed by atoms with van der Waals surface area (Å²) in [6.45, 7) is -0.173. The minimum Gasteiger partial charge on any atom is -0.497 e. The number of aliphatic hydroxyl groups is 3. The van der Waals surface area contributed by atoms with Crippen molar-refractivity contribution in [2.24, 2.45) is 5.92 Å². The Balaban J connectivity index is 1.55. The number of carbonyl (C=O) groups excluding carboxylic acids is 1. The molecule has 1 saturated carbocycles. The number of hydrogen-bond donors (Lipinski definition) is 3. The molecule has 0 spiro atoms. The zero-order valence-electron chi connectivity index (χ0n) is 25.2. The van der Waals surface area contributed by atoms with Gasteiger partial charge in [-0.05, 0) is 23.3 Å². The highest BCUT2D eigenvalue weighted by molar-refractivity contribution is 5.78. The van der Waals surface area contributed by atoms with Crippen LogP contribution in [0.1, 0.15) is 22.6 Å². The molecule has 3 N–H and O–H groups in total. The van der Waals surface area contributed by atoms with E-state index in [9.17, 15) is 20.1 Å². The van der Waals surface area contributed by atoms with Crippen molar-refractivity contribution < 1.29 is 58.0 Å². The van der Waals surface area contributed by atoms with Gasteiger partial charge in [-0.1, -0.05) is 42.5 Å². The molecule has 45 heavy (non-hydrogen) atoms. The average molecular weight is 625 g/mol. The number of carbonyl (C=O) groups is 1. The van der Waals surface area contributed by atoms with Crippen LogP contribution in [-0.4, -0.2) is 87.7 Å². The monoisotopic (exact) mass is 624 g/mol. The molecule has 2 fully saturated rings. The molecule has 2 aliphatic heterocycles. The Kier molecular flexibility index (Phi) is 8.37. The molecular formula is C33H36O12. The van der Waals surface area contributed by atoms with E-state index in [1.807, 2.05) is 30.3 Å². The lowest BCUT2D eigenvalue weighted by atomic mass is 9.70. The summed E-state index contributed by atoms with van der Waals surface area (Å²) < 4.78 is 46.1. The van der Waals surface area contributed by atoms with Gasteiger partial charge >= 0.3 is 5.97 Å². The van der Waals surface area contributed by atoms with E-state index in [0.29, 0.717) is 16.9 Å². The number of esters is 1. The summed E-state index contributed by atoms with van der Waals surface area (Å²) in [5.41, 5.74) is -2.74. The van der Waals surface area contributed by atoms with Gasteiger partial charge in [0.15, 0.2) is 11.2 Å². The molecule has 3 aliphatic rings. The van der Waals surface area contributed by atoms with Crippen molar-refractivity contribution in [1.29, 1.82) is 0 Å². The van der Waals surface area contributed by atoms with Crippen LogP contribution in [0.25, 0.3) is 0 Å². The lowest BCUT2D eigenvalue weighted by Gasteiger charge is -2.40. The Morgan fingerprint density at radius 2 is 1.69 bits per heavy atom. The fourth-order valence-electron chi connectivity index (χ4n) is 6.92. The number of methoxy groups -OCH3 is 4. The van der Waals surface area contributed by atoms with Crippen molar-refractivity contribution in [3.05, 3.63) is 83.4 Å². The average Bonchev–Trinajstić information content (AvgIpc) is 3.46. The molecule has 240 valence electrons. The number of aliphatic hydroxyl groups excluding tert-OH is 2. The molecule has 0 radical (unpaired) electrons. The van der Waals surface area contributed by atoms with Crippen molar-refractivity contribution in [2.75, 3.05) is 41.7 Å². The summed E-state index contributed by atoms with van der Waals surface area (Å²) in [6.07, 6.45) is -4.29. The highest BCUT2D eigenvalue weighted by Crippen LogP contribution is 2.70. The van der Waals surface area contributed by atoms with Crippen LogP contribution in [0.3, 0.4) is 0 Å². The van der Waals surface area contributed by atoms with Gasteiger partial charge in [0.25, 0.3) is 6.29 Å². The minimum absolute atomic E-state index is 0.114. The number of fused-ring (bicyclic) bond motifs is 3. The second kappa shape index (κ2) is 12.1. The van der Waals surface area contributed by atoms with E-state index in [1.54, 1.807) is 30.3 Å². The third-order valence-electron chi connectivity index (χ3n) is 8.88. The predicted octanol–water partition coefficient (Wildman–Crippen LogP) is 2.21. The topological polar surface area (TPSA) is 152 Å². The van der Waals surface area contributed by atoms with E-state index in [0.717, 1.165) is 0 Å². The van der Waals surface area contributed by atoms with E-state index in [2.05, 4.69) is 0 Å². The predicted molar refractivity (Wildman–Crippen MR) is 156 cm³/mol. The zero-order valence-corrected chi connectivity index (χ0v) is 25.2. The van der Waals surface area contributed by atoms with Gasteiger partial charge in [-0.2, -0.15) is 0 Å². The Hall–Kier alpha value is -3.91. The molecule has 1 aliphatic carbocycles. The van der Waals surface area contributed by atoms with Crippen molar-refractivity contribution in [3.63, 3.8) is 0 Å². The van der Waals surface area contributed by atoms with Crippen LogP contribution in [-0.2, 0) is 34.9 Å². The second-order valence-electron chi connectivity index (χ2n) is 11.1. The van der Waals surface area contributed by atoms with Crippen molar-refractivity contribution >= 4 is 5.97 Å². The number of benzene rings is 3. The summed E-state index contributed by atoms with van der Waals surface area (Å²) in [5.74, 6) is -1.83. The summed E-state index contributed by atoms with van der Waals surface area (Å²) in [7, 11) is 5.62. The molecule has 12 heteroatoms. The van der Waals surface area contributed by atoms with Gasteiger partial charge in [-0.15, -0.1) is 0 Å². The van der Waals surface area contributed by atoms with Crippen molar-refractivity contribution in [2.45, 2.75) is 41.9 Å². The minimum atomic E-state index is -2.22. The Morgan fingerprint density at radius 1 is 0.956 bits per heavy atom. The zero-order chi connectivity index (χ0) is 31.9. The molecule has 0 aromatic heterocycles. The summed E-state index contributed by atoms with van der Waals surface area (Å²) in [4.78, 5) is 13.4. The van der Waals surface area contributed by atoms with Crippen LogP contribution in [0.4, 0.5) is 0 Å². The maximum absolute atomic E-state index is 13.4. The Bertz CT molecular complexity index is 1510. The molecule has 0 bridgehead atoms. The third-order valence-corrected chi connectivity index (χ3v) is 8.88. The first-order chi connectivity index (χ1) is 21.8. The highest BCUT2D eigenvalue weighted by atomic mass is 16.8. The van der Waals surface area contributed by atoms with Crippen LogP contribution in [0, 0.1) is 5.92 Å². The SMILES string of the molecule is COC(=O)[C@H]1[C@@H](O)[C@@]2(O)c3c(OC)cc(O[C@H]4O[C@@H](CO)CO[C@@H]4OC)cc3O[C@@]2(c2ccc(OC)cc2)[C@@H]1c1ccccc1. The van der Waals surface area contributed by atoms with Gasteiger partial charge < -0.3 is 53.2 Å². The first-order valence-electron chi connectivity index (χ1n) is 14.4. The molecule has 12 nitrogen and oxygen atoms in total. The standard InChI is InChI=1S/C33H36O12/c1-38-20-12-10-19(11-13-20)33-26(18-8-6-5-7-9-18)25(29(36)40-3)28(35)32(33,37)27-23(39-2)14-21(15-24(27)45-33)43-31-30(41-4)42-17-22(16-34)44-31/h5-15,22,25-26,28,30-31,34-35,37H,16-17H2,1-4H3/t22-,25+,26+,28+,30-,31-,32-,33-/m0/s1. The van der Waals surface area contributed by atoms with Crippen LogP contribution in [0.2, 0.25) is 0 Å². The normalized spacial score (nSPS) is 31.8. The smallest absolute Gasteiger partial charge is 0.312 e. The largest absolute Gasteiger partial charge is 0.497 e. The summed E-state index contributed by atoms with van der Waals surface area (Å²) in [5, 5.41) is 34.7. The summed E-state index contributed by atoms with van der Waals surface area (Å²) in [6, 6.07) is 19.0. The van der Waals surface area contributed by atoms with Gasteiger partial charge in [-0.3, -0.25) is 4.79 Å². The lowest BCUT2D eigenvalue weighted by molar-refractivity contribution is -0.315. The molecule has 6 rings (SSSR count).